The van der Waals surface area contributed by atoms with Crippen molar-refractivity contribution in [3.05, 3.63) is 144 Å². The molecule has 0 unspecified atom stereocenters. The largest absolute Gasteiger partial charge is 0.353 e. The summed E-state index contributed by atoms with van der Waals surface area (Å²) in [5, 5.41) is 1.11. The topological polar surface area (TPSA) is 37.2 Å². The number of anilines is 1. The minimum absolute atomic E-state index is 0.229. The third-order valence-corrected chi connectivity index (χ3v) is 8.14. The van der Waals surface area contributed by atoms with Gasteiger partial charge in [0.25, 0.3) is 0 Å². The molecule has 0 aliphatic carbocycles. The molecule has 3 heterocycles. The van der Waals surface area contributed by atoms with Crippen molar-refractivity contribution in [2.75, 3.05) is 31.1 Å². The molecule has 0 amide bonds. The third kappa shape index (κ3) is 4.90. The Morgan fingerprint density at radius 3 is 1.93 bits per heavy atom. The summed E-state index contributed by atoms with van der Waals surface area (Å²) < 4.78 is 2.22. The van der Waals surface area contributed by atoms with Crippen molar-refractivity contribution in [2.24, 2.45) is 0 Å². The van der Waals surface area contributed by atoms with Crippen LogP contribution in [0.15, 0.2) is 128 Å². The van der Waals surface area contributed by atoms with Gasteiger partial charge in [0.15, 0.2) is 5.65 Å². The molecule has 5 heteroatoms. The lowest BCUT2D eigenvalue weighted by atomic mass is 9.96. The van der Waals surface area contributed by atoms with Crippen LogP contribution in [0.3, 0.4) is 0 Å². The van der Waals surface area contributed by atoms with Gasteiger partial charge >= 0.3 is 0 Å². The molecule has 0 bridgehead atoms. The van der Waals surface area contributed by atoms with Gasteiger partial charge in [-0.15, -0.1) is 0 Å². The number of benzene rings is 4. The molecule has 1 aliphatic rings. The van der Waals surface area contributed by atoms with E-state index in [-0.39, 0.29) is 6.04 Å². The molecule has 4 aromatic carbocycles. The van der Waals surface area contributed by atoms with Crippen molar-refractivity contribution >= 4 is 16.9 Å². The van der Waals surface area contributed by atoms with Crippen LogP contribution in [0.1, 0.15) is 22.7 Å². The average molecular weight is 536 g/mol. The van der Waals surface area contributed by atoms with Crippen LogP contribution >= 0.6 is 0 Å². The van der Waals surface area contributed by atoms with Crippen LogP contribution in [0, 0.1) is 6.92 Å². The van der Waals surface area contributed by atoms with Gasteiger partial charge in [0.05, 0.1) is 11.4 Å². The van der Waals surface area contributed by atoms with Crippen LogP contribution < -0.4 is 4.90 Å². The van der Waals surface area contributed by atoms with Crippen molar-refractivity contribution in [1.82, 2.24) is 19.4 Å². The van der Waals surface area contributed by atoms with Crippen LogP contribution in [0.4, 0.5) is 5.82 Å². The zero-order valence-corrected chi connectivity index (χ0v) is 23.3. The molecule has 1 fully saturated rings. The Kier molecular flexibility index (Phi) is 6.79. The zero-order chi connectivity index (χ0) is 27.6. The second kappa shape index (κ2) is 11.0. The Hall–Kier alpha value is -4.74. The van der Waals surface area contributed by atoms with Gasteiger partial charge in [-0.3, -0.25) is 4.90 Å². The molecule has 2 aromatic heterocycles. The highest BCUT2D eigenvalue weighted by Crippen LogP contribution is 2.38. The molecule has 0 radical (unpaired) electrons. The number of fused-ring (bicyclic) bond motifs is 1. The van der Waals surface area contributed by atoms with Gasteiger partial charge < -0.3 is 9.47 Å². The van der Waals surface area contributed by atoms with E-state index in [1.54, 1.807) is 6.33 Å². The lowest BCUT2D eigenvalue weighted by Gasteiger charge is -2.40. The van der Waals surface area contributed by atoms with Gasteiger partial charge in [0, 0.05) is 43.6 Å². The summed E-state index contributed by atoms with van der Waals surface area (Å²) in [6.07, 6.45) is 3.95. The van der Waals surface area contributed by atoms with E-state index in [1.807, 2.05) is 0 Å². The zero-order valence-electron chi connectivity index (χ0n) is 23.3. The van der Waals surface area contributed by atoms with Gasteiger partial charge in [-0.25, -0.2) is 9.97 Å². The van der Waals surface area contributed by atoms with E-state index < -0.39 is 0 Å². The second-order valence-electron chi connectivity index (χ2n) is 10.8. The number of hydrogen-bond donors (Lipinski definition) is 0. The molecule has 202 valence electrons. The SMILES string of the molecule is Cc1cccc(-n2cc(-c3ccccc3)c3c(N4CCN(C(c5ccccc5)c5ccccc5)CC4)ncnc32)c1. The van der Waals surface area contributed by atoms with Crippen LogP contribution in [0.5, 0.6) is 0 Å². The van der Waals surface area contributed by atoms with Crippen LogP contribution in [0.25, 0.3) is 27.8 Å². The summed E-state index contributed by atoms with van der Waals surface area (Å²) in [5.41, 5.74) is 8.27. The highest BCUT2D eigenvalue weighted by atomic mass is 15.3. The van der Waals surface area contributed by atoms with E-state index in [2.05, 4.69) is 143 Å². The van der Waals surface area contributed by atoms with Gasteiger partial charge in [0.1, 0.15) is 12.1 Å². The van der Waals surface area contributed by atoms with Crippen LogP contribution in [0.2, 0.25) is 0 Å². The summed E-state index contributed by atoms with van der Waals surface area (Å²) >= 11 is 0. The molecule has 0 atom stereocenters. The lowest BCUT2D eigenvalue weighted by Crippen LogP contribution is -2.48. The summed E-state index contributed by atoms with van der Waals surface area (Å²) in [6.45, 7) is 5.81. The molecule has 7 rings (SSSR count). The van der Waals surface area contributed by atoms with Crippen molar-refractivity contribution in [2.45, 2.75) is 13.0 Å². The lowest BCUT2D eigenvalue weighted by molar-refractivity contribution is 0.212. The van der Waals surface area contributed by atoms with Crippen molar-refractivity contribution in [1.29, 1.82) is 0 Å². The fourth-order valence-corrected chi connectivity index (χ4v) is 6.17. The van der Waals surface area contributed by atoms with E-state index in [0.717, 1.165) is 54.3 Å². The van der Waals surface area contributed by atoms with Gasteiger partial charge in [0.2, 0.25) is 0 Å². The Bertz CT molecular complexity index is 1710. The monoisotopic (exact) mass is 535 g/mol. The average Bonchev–Trinajstić information content (AvgIpc) is 3.43. The molecule has 0 saturated carbocycles. The number of aryl methyl sites for hydroxylation is 1. The molecular formula is C36H33N5. The summed E-state index contributed by atoms with van der Waals surface area (Å²) in [4.78, 5) is 14.8. The maximum absolute atomic E-state index is 4.91. The maximum Gasteiger partial charge on any atom is 0.150 e. The van der Waals surface area contributed by atoms with Gasteiger partial charge in [-0.2, -0.15) is 0 Å². The van der Waals surface area contributed by atoms with Gasteiger partial charge in [-0.1, -0.05) is 103 Å². The Morgan fingerprint density at radius 2 is 1.29 bits per heavy atom. The first-order valence-electron chi connectivity index (χ1n) is 14.3. The fourth-order valence-electron chi connectivity index (χ4n) is 6.17. The first kappa shape index (κ1) is 25.2. The van der Waals surface area contributed by atoms with E-state index in [9.17, 15) is 0 Å². The maximum atomic E-state index is 4.91. The Balaban J connectivity index is 1.26. The molecule has 1 aliphatic heterocycles. The van der Waals surface area contributed by atoms with Crippen molar-refractivity contribution in [3.63, 3.8) is 0 Å². The highest BCUT2D eigenvalue weighted by molar-refractivity contribution is 6.02. The summed E-state index contributed by atoms with van der Waals surface area (Å²) in [6, 6.07) is 41.2. The van der Waals surface area contributed by atoms with E-state index >= 15 is 0 Å². The first-order valence-corrected chi connectivity index (χ1v) is 14.3. The van der Waals surface area contributed by atoms with Crippen molar-refractivity contribution < 1.29 is 0 Å². The first-order chi connectivity index (χ1) is 20.3. The molecule has 0 N–H and O–H groups in total. The smallest absolute Gasteiger partial charge is 0.150 e. The summed E-state index contributed by atoms with van der Waals surface area (Å²) in [7, 11) is 0. The second-order valence-corrected chi connectivity index (χ2v) is 10.8. The molecule has 41 heavy (non-hydrogen) atoms. The van der Waals surface area contributed by atoms with E-state index in [1.165, 1.54) is 22.3 Å². The Morgan fingerprint density at radius 1 is 0.659 bits per heavy atom. The van der Waals surface area contributed by atoms with Gasteiger partial charge in [-0.05, 0) is 41.3 Å². The number of rotatable bonds is 6. The molecule has 0 spiro atoms. The number of piperazine rings is 1. The van der Waals surface area contributed by atoms with E-state index in [4.69, 9.17) is 9.97 Å². The number of aromatic nitrogens is 3. The minimum atomic E-state index is 0.229. The Labute approximate surface area is 241 Å². The predicted molar refractivity (Wildman–Crippen MR) is 168 cm³/mol. The standard InChI is InChI=1S/C36H33N5/c1-27-12-11-19-31(24-27)41-25-32(28-13-5-2-6-14-28)33-35(37-26-38-36(33)41)40-22-20-39(21-23-40)34(29-15-7-3-8-16-29)30-17-9-4-10-18-30/h2-19,24-26,34H,20-23H2,1H3. The highest BCUT2D eigenvalue weighted by Gasteiger charge is 2.29. The molecule has 6 aromatic rings. The quantitative estimate of drug-likeness (QED) is 0.224. The summed E-state index contributed by atoms with van der Waals surface area (Å²) in [5.74, 6) is 1.01. The number of hydrogen-bond acceptors (Lipinski definition) is 4. The molecular weight excluding hydrogens is 502 g/mol. The van der Waals surface area contributed by atoms with Crippen LogP contribution in [-0.4, -0.2) is 45.6 Å². The normalized spacial score (nSPS) is 14.1. The predicted octanol–water partition coefficient (Wildman–Crippen LogP) is 7.31. The molecule has 5 nitrogen and oxygen atoms in total. The number of nitrogens with zero attached hydrogens (tertiary/aromatic N) is 5. The third-order valence-electron chi connectivity index (χ3n) is 8.14. The van der Waals surface area contributed by atoms with E-state index in [0.29, 0.717) is 0 Å². The van der Waals surface area contributed by atoms with Crippen LogP contribution in [-0.2, 0) is 0 Å². The van der Waals surface area contributed by atoms with Crippen molar-refractivity contribution in [3.8, 4) is 16.8 Å². The minimum Gasteiger partial charge on any atom is -0.353 e. The fraction of sp³-hybridized carbons (Fsp3) is 0.167. The molecule has 1 saturated heterocycles.